The number of benzene rings is 1. The van der Waals surface area contributed by atoms with E-state index < -0.39 is 15.4 Å². The molecule has 0 unspecified atom stereocenters. The molecular formula is C30H45N6O9S+. The van der Waals surface area contributed by atoms with Gasteiger partial charge in [0.2, 0.25) is 10.0 Å². The normalized spacial score (nSPS) is 15.2. The maximum atomic E-state index is 14.0. The van der Waals surface area contributed by atoms with Crippen LogP contribution in [0.5, 0.6) is 5.75 Å². The fraction of sp³-hybridized carbons (Fsp3) is 0.600. The first kappa shape index (κ1) is 35.3. The van der Waals surface area contributed by atoms with E-state index in [0.29, 0.717) is 66.8 Å². The van der Waals surface area contributed by atoms with Crippen molar-refractivity contribution in [2.24, 2.45) is 5.41 Å². The van der Waals surface area contributed by atoms with E-state index in [2.05, 4.69) is 16.7 Å². The van der Waals surface area contributed by atoms with Gasteiger partial charge < -0.3 is 19.5 Å². The second kappa shape index (κ2) is 15.8. The molecule has 4 rings (SSSR count). The highest BCUT2D eigenvalue weighted by atomic mass is 32.2. The second-order valence-corrected chi connectivity index (χ2v) is 13.4. The molecule has 0 radical (unpaired) electrons. The van der Waals surface area contributed by atoms with E-state index >= 15 is 0 Å². The Kier molecular flexibility index (Phi) is 12.1. The van der Waals surface area contributed by atoms with Crippen LogP contribution in [-0.4, -0.2) is 72.4 Å². The summed E-state index contributed by atoms with van der Waals surface area (Å²) in [5.74, 6) is 0.662. The highest BCUT2D eigenvalue weighted by Gasteiger charge is 2.39. The molecule has 1 aliphatic heterocycles. The molecule has 0 bridgehead atoms. The van der Waals surface area contributed by atoms with Crippen molar-refractivity contribution in [1.82, 2.24) is 18.8 Å². The van der Waals surface area contributed by atoms with Gasteiger partial charge >= 0.3 is 5.09 Å². The predicted molar refractivity (Wildman–Crippen MR) is 169 cm³/mol. The number of fused-ring (bicyclic) bond motifs is 1. The van der Waals surface area contributed by atoms with Crippen LogP contribution in [-0.2, 0) is 37.5 Å². The Hall–Kier alpha value is -3.57. The summed E-state index contributed by atoms with van der Waals surface area (Å²) in [6.07, 6.45) is 6.19. The molecule has 254 valence electrons. The summed E-state index contributed by atoms with van der Waals surface area (Å²) in [6.45, 7) is 7.66. The molecule has 15 nitrogen and oxygen atoms in total. The summed E-state index contributed by atoms with van der Waals surface area (Å²) in [4.78, 5) is 47.0. The number of aromatic amines is 1. The van der Waals surface area contributed by atoms with Gasteiger partial charge in [-0.3, -0.25) is 4.79 Å². The fourth-order valence-electron chi connectivity index (χ4n) is 5.98. The van der Waals surface area contributed by atoms with E-state index in [9.17, 15) is 23.3 Å². The summed E-state index contributed by atoms with van der Waals surface area (Å²) in [7, 11) is -2.76. The third kappa shape index (κ3) is 7.86. The fourth-order valence-corrected chi connectivity index (χ4v) is 7.45. The van der Waals surface area contributed by atoms with Gasteiger partial charge in [0.25, 0.3) is 5.56 Å². The Bertz CT molecular complexity index is 1650. The number of aryl methyl sites for hydroxylation is 2. The first-order valence-electron chi connectivity index (χ1n) is 15.7. The third-order valence-electron chi connectivity index (χ3n) is 8.54. The largest absolute Gasteiger partial charge is 0.601 e. The van der Waals surface area contributed by atoms with Crippen LogP contribution in [0.4, 0.5) is 0 Å². The van der Waals surface area contributed by atoms with Crippen LogP contribution in [0.1, 0.15) is 64.9 Å². The van der Waals surface area contributed by atoms with Gasteiger partial charge in [-0.05, 0) is 74.6 Å². The first-order chi connectivity index (χ1) is 22.1. The lowest BCUT2D eigenvalue weighted by molar-refractivity contribution is -0.977. The van der Waals surface area contributed by atoms with Gasteiger partial charge in [0.1, 0.15) is 28.6 Å². The van der Waals surface area contributed by atoms with Crippen LogP contribution >= 0.6 is 0 Å². The number of nitrogens with one attached hydrogen (secondary N) is 1. The lowest BCUT2D eigenvalue weighted by Gasteiger charge is -2.40. The Morgan fingerprint density at radius 1 is 1.11 bits per heavy atom. The monoisotopic (exact) mass is 665 g/mol. The zero-order chi connectivity index (χ0) is 33.3. The number of piperidine rings is 1. The topological polar surface area (TPSA) is 185 Å². The maximum Gasteiger partial charge on any atom is 0.477 e. The number of nitrogens with zero attached hydrogens (tertiary/aromatic N) is 4. The van der Waals surface area contributed by atoms with E-state index in [0.717, 1.165) is 24.8 Å². The minimum absolute atomic E-state index is 0.0183. The average Bonchev–Trinajstić information content (AvgIpc) is 3.42. The summed E-state index contributed by atoms with van der Waals surface area (Å²) in [6, 6.07) is 4.64. The smallest absolute Gasteiger partial charge is 0.477 e. The van der Waals surface area contributed by atoms with Crippen LogP contribution in [0.2, 0.25) is 0 Å². The van der Waals surface area contributed by atoms with Gasteiger partial charge in [0.05, 0.1) is 22.6 Å². The van der Waals surface area contributed by atoms with Gasteiger partial charge in [-0.1, -0.05) is 20.3 Å². The summed E-state index contributed by atoms with van der Waals surface area (Å²) < 4.78 is 37.3. The summed E-state index contributed by atoms with van der Waals surface area (Å²) >= 11 is 0. The van der Waals surface area contributed by atoms with Crippen LogP contribution in [0.25, 0.3) is 22.4 Å². The predicted octanol–water partition coefficient (Wildman–Crippen LogP) is 2.97. The summed E-state index contributed by atoms with van der Waals surface area (Å²) in [5, 5.41) is 10.8. The first-order valence-corrected chi connectivity index (χ1v) is 17.2. The average molecular weight is 666 g/mol. The number of rotatable bonds is 18. The Balaban J connectivity index is 1.66. The quantitative estimate of drug-likeness (QED) is 0.151. The van der Waals surface area contributed by atoms with Crippen molar-refractivity contribution in [3.8, 4) is 17.1 Å². The van der Waals surface area contributed by atoms with Crippen LogP contribution in [0, 0.1) is 15.5 Å². The third-order valence-corrected chi connectivity index (χ3v) is 10.4. The number of ether oxygens (including phenoxy) is 1. The van der Waals surface area contributed by atoms with Gasteiger partial charge in [-0.15, -0.1) is 0 Å². The molecule has 3 N–H and O–H groups in total. The lowest BCUT2D eigenvalue weighted by atomic mass is 9.74. The molecule has 0 atom stereocenters. The number of sulfonamides is 1. The highest BCUT2D eigenvalue weighted by molar-refractivity contribution is 7.89. The van der Waals surface area contributed by atoms with Crippen LogP contribution in [0.15, 0.2) is 34.1 Å². The lowest BCUT2D eigenvalue weighted by Crippen LogP contribution is -2.76. The molecule has 0 spiro atoms. The van der Waals surface area contributed by atoms with Gasteiger partial charge in [0.15, 0.2) is 13.7 Å². The minimum atomic E-state index is -3.96. The molecule has 1 aliphatic rings. The molecular weight excluding hydrogens is 620 g/mol. The molecule has 3 heterocycles. The molecule has 1 saturated heterocycles. The number of hydrogen-bond acceptors (Lipinski definition) is 10. The second-order valence-electron chi connectivity index (χ2n) is 11.4. The maximum absolute atomic E-state index is 14.0. The zero-order valence-electron chi connectivity index (χ0n) is 27.0. The highest BCUT2D eigenvalue weighted by Crippen LogP contribution is 2.40. The Morgan fingerprint density at radius 3 is 2.50 bits per heavy atom. The van der Waals surface area contributed by atoms with E-state index in [1.807, 2.05) is 24.6 Å². The molecule has 2 aromatic heterocycles. The van der Waals surface area contributed by atoms with E-state index in [4.69, 9.17) is 19.4 Å². The standard InChI is InChI=1S/C30H44N6O9S/c1-5-8-22-21-34(7-3)27-26(22)31-28(32-29(27)37)24-20-23(9-10-25(24)43-17-6-2)46(40,41)35-15-11-30(12-16-35,13-18-44-33-38)14-19-45-36(39)42-4/h9-10,20-21H,5-8,11-19,33H2,1-4H3/p+1. The number of aromatic nitrogens is 3. The molecule has 1 fully saturated rings. The van der Waals surface area contributed by atoms with Gasteiger partial charge in [-0.2, -0.15) is 14.0 Å². The number of H-pyrrole nitrogens is 1. The molecule has 0 amide bonds. The van der Waals surface area contributed by atoms with Gasteiger partial charge in [-0.25, -0.2) is 23.9 Å². The molecule has 0 aliphatic carbocycles. The molecule has 3 aromatic rings. The zero-order valence-corrected chi connectivity index (χ0v) is 27.8. The number of nitrogens with two attached hydrogens (primary N) is 1. The van der Waals surface area contributed by atoms with E-state index in [-0.39, 0.29) is 47.7 Å². The van der Waals surface area contributed by atoms with Gasteiger partial charge in [0, 0.05) is 25.8 Å². The van der Waals surface area contributed by atoms with Crippen LogP contribution < -0.4 is 15.9 Å². The van der Waals surface area contributed by atoms with Crippen LogP contribution in [0.3, 0.4) is 0 Å². The van der Waals surface area contributed by atoms with Crippen molar-refractivity contribution in [3.05, 3.63) is 50.4 Å². The molecule has 0 saturated carbocycles. The van der Waals surface area contributed by atoms with Crippen molar-refractivity contribution >= 4 is 21.1 Å². The van der Waals surface area contributed by atoms with Crippen molar-refractivity contribution in [2.45, 2.75) is 77.2 Å². The molecule has 1 aromatic carbocycles. The number of hydrogen-bond donors (Lipinski definition) is 2. The Labute approximate surface area is 268 Å². The Morgan fingerprint density at radius 2 is 1.85 bits per heavy atom. The van der Waals surface area contributed by atoms with E-state index in [1.165, 1.54) is 23.5 Å². The van der Waals surface area contributed by atoms with E-state index in [1.54, 1.807) is 6.07 Å². The van der Waals surface area contributed by atoms with Crippen molar-refractivity contribution < 1.29 is 38.4 Å². The number of quaternary nitrogens is 1. The molecule has 16 heteroatoms. The van der Waals surface area contributed by atoms with Crippen molar-refractivity contribution in [3.63, 3.8) is 0 Å². The van der Waals surface area contributed by atoms with Crippen molar-refractivity contribution in [1.29, 1.82) is 0 Å². The SMILES string of the molecule is CCCOc1ccc(S(=O)(=O)N2CCC(CCO[NH2+][O-])(CCO[N+](=O)OC)CC2)cc1-c1nc2c(CCC)cn(CC)c2c(=O)[nH]1. The molecule has 46 heavy (non-hydrogen) atoms. The minimum Gasteiger partial charge on any atom is -0.601 e. The van der Waals surface area contributed by atoms with Crippen molar-refractivity contribution in [2.75, 3.05) is 40.0 Å². The summed E-state index contributed by atoms with van der Waals surface area (Å²) in [5.41, 5.74) is 2.09.